The highest BCUT2D eigenvalue weighted by Crippen LogP contribution is 2.26. The summed E-state index contributed by atoms with van der Waals surface area (Å²) >= 11 is 5.74. The molecule has 2 aromatic rings. The van der Waals surface area contributed by atoms with Gasteiger partial charge in [-0.1, -0.05) is 17.7 Å². The van der Waals surface area contributed by atoms with Crippen molar-refractivity contribution in [2.24, 2.45) is 5.73 Å². The normalized spacial score (nSPS) is 10.4. The van der Waals surface area contributed by atoms with Crippen molar-refractivity contribution in [2.75, 3.05) is 0 Å². The van der Waals surface area contributed by atoms with Crippen LogP contribution in [0.15, 0.2) is 36.7 Å². The van der Waals surface area contributed by atoms with Crippen LogP contribution in [0.1, 0.15) is 5.56 Å². The maximum absolute atomic E-state index is 13.0. The van der Waals surface area contributed by atoms with Crippen molar-refractivity contribution in [1.82, 2.24) is 4.98 Å². The molecule has 16 heavy (non-hydrogen) atoms. The van der Waals surface area contributed by atoms with E-state index in [-0.39, 0.29) is 5.02 Å². The van der Waals surface area contributed by atoms with Gasteiger partial charge in [0.2, 0.25) is 0 Å². The van der Waals surface area contributed by atoms with E-state index < -0.39 is 5.82 Å². The SMILES string of the molecule is NCc1cnccc1-c1ccc(F)c(Cl)c1. The average molecular weight is 237 g/mol. The molecule has 0 amide bonds. The summed E-state index contributed by atoms with van der Waals surface area (Å²) < 4.78 is 13.0. The zero-order valence-corrected chi connectivity index (χ0v) is 9.21. The van der Waals surface area contributed by atoms with Crippen LogP contribution >= 0.6 is 11.6 Å². The predicted molar refractivity (Wildman–Crippen MR) is 62.5 cm³/mol. The number of rotatable bonds is 2. The van der Waals surface area contributed by atoms with E-state index >= 15 is 0 Å². The molecular formula is C12H10ClFN2. The minimum Gasteiger partial charge on any atom is -0.326 e. The largest absolute Gasteiger partial charge is 0.326 e. The molecule has 0 aliphatic rings. The molecule has 0 fully saturated rings. The molecule has 1 aromatic heterocycles. The molecule has 2 N–H and O–H groups in total. The fourth-order valence-electron chi connectivity index (χ4n) is 1.54. The van der Waals surface area contributed by atoms with Crippen LogP contribution in [-0.2, 0) is 6.54 Å². The molecule has 2 nitrogen and oxygen atoms in total. The lowest BCUT2D eigenvalue weighted by atomic mass is 10.0. The summed E-state index contributed by atoms with van der Waals surface area (Å²) in [4.78, 5) is 3.99. The Hall–Kier alpha value is -1.45. The molecule has 0 saturated carbocycles. The van der Waals surface area contributed by atoms with Crippen LogP contribution in [0, 0.1) is 5.82 Å². The van der Waals surface area contributed by atoms with E-state index in [0.717, 1.165) is 16.7 Å². The first-order valence-corrected chi connectivity index (χ1v) is 5.18. The number of hydrogen-bond acceptors (Lipinski definition) is 2. The van der Waals surface area contributed by atoms with Crippen molar-refractivity contribution in [1.29, 1.82) is 0 Å². The third-order valence-corrected chi connectivity index (χ3v) is 2.64. The molecule has 0 saturated heterocycles. The van der Waals surface area contributed by atoms with Crippen LogP contribution in [0.4, 0.5) is 4.39 Å². The molecular weight excluding hydrogens is 227 g/mol. The summed E-state index contributed by atoms with van der Waals surface area (Å²) in [7, 11) is 0. The van der Waals surface area contributed by atoms with Crippen molar-refractivity contribution in [2.45, 2.75) is 6.54 Å². The van der Waals surface area contributed by atoms with Crippen LogP contribution in [0.25, 0.3) is 11.1 Å². The van der Waals surface area contributed by atoms with Gasteiger partial charge in [0.15, 0.2) is 0 Å². The average Bonchev–Trinajstić information content (AvgIpc) is 2.32. The van der Waals surface area contributed by atoms with Gasteiger partial charge in [-0.15, -0.1) is 0 Å². The number of nitrogens with two attached hydrogens (primary N) is 1. The fraction of sp³-hybridized carbons (Fsp3) is 0.0833. The summed E-state index contributed by atoms with van der Waals surface area (Å²) in [5, 5.41) is 0.109. The van der Waals surface area contributed by atoms with Crippen LogP contribution in [0.3, 0.4) is 0 Å². The van der Waals surface area contributed by atoms with Crippen molar-refractivity contribution < 1.29 is 4.39 Å². The number of aromatic nitrogens is 1. The smallest absolute Gasteiger partial charge is 0.141 e. The Bertz CT molecular complexity index is 514. The first kappa shape index (κ1) is 11.0. The lowest BCUT2D eigenvalue weighted by molar-refractivity contribution is 0.628. The van der Waals surface area contributed by atoms with Crippen LogP contribution in [-0.4, -0.2) is 4.98 Å². The zero-order valence-electron chi connectivity index (χ0n) is 8.45. The summed E-state index contributed by atoms with van der Waals surface area (Å²) in [6.07, 6.45) is 3.37. The van der Waals surface area contributed by atoms with Gasteiger partial charge in [0.1, 0.15) is 5.82 Å². The summed E-state index contributed by atoms with van der Waals surface area (Å²) in [5.41, 5.74) is 8.29. The highest BCUT2D eigenvalue weighted by Gasteiger charge is 2.06. The Morgan fingerprint density at radius 1 is 1.31 bits per heavy atom. The van der Waals surface area contributed by atoms with Crippen molar-refractivity contribution in [3.05, 3.63) is 53.1 Å². The third kappa shape index (κ3) is 2.05. The van der Waals surface area contributed by atoms with Gasteiger partial charge in [-0.05, 0) is 34.9 Å². The molecule has 0 atom stereocenters. The predicted octanol–water partition coefficient (Wildman–Crippen LogP) is 3.00. The van der Waals surface area contributed by atoms with Crippen LogP contribution < -0.4 is 5.73 Å². The molecule has 0 aliphatic heterocycles. The van der Waals surface area contributed by atoms with Gasteiger partial charge in [0.25, 0.3) is 0 Å². The van der Waals surface area contributed by atoms with E-state index in [2.05, 4.69) is 4.98 Å². The molecule has 82 valence electrons. The molecule has 0 radical (unpaired) electrons. The maximum Gasteiger partial charge on any atom is 0.141 e. The van der Waals surface area contributed by atoms with Crippen LogP contribution in [0.2, 0.25) is 5.02 Å². The zero-order chi connectivity index (χ0) is 11.5. The number of pyridine rings is 1. The van der Waals surface area contributed by atoms with Gasteiger partial charge in [-0.3, -0.25) is 4.98 Å². The van der Waals surface area contributed by atoms with Crippen molar-refractivity contribution in [3.63, 3.8) is 0 Å². The Balaban J connectivity index is 2.54. The number of halogens is 2. The van der Waals surface area contributed by atoms with Gasteiger partial charge in [0.05, 0.1) is 5.02 Å². The van der Waals surface area contributed by atoms with Gasteiger partial charge in [-0.2, -0.15) is 0 Å². The van der Waals surface area contributed by atoms with Gasteiger partial charge in [-0.25, -0.2) is 4.39 Å². The number of benzene rings is 1. The van der Waals surface area contributed by atoms with E-state index in [0.29, 0.717) is 6.54 Å². The Kier molecular flexibility index (Phi) is 3.17. The van der Waals surface area contributed by atoms with Crippen molar-refractivity contribution in [3.8, 4) is 11.1 Å². The van der Waals surface area contributed by atoms with E-state index in [1.807, 2.05) is 6.07 Å². The molecule has 4 heteroatoms. The topological polar surface area (TPSA) is 38.9 Å². The van der Waals surface area contributed by atoms with E-state index in [4.69, 9.17) is 17.3 Å². The minimum atomic E-state index is -0.422. The third-order valence-electron chi connectivity index (χ3n) is 2.35. The first-order valence-electron chi connectivity index (χ1n) is 4.80. The molecule has 0 bridgehead atoms. The monoisotopic (exact) mass is 236 g/mol. The van der Waals surface area contributed by atoms with Gasteiger partial charge >= 0.3 is 0 Å². The molecule has 2 rings (SSSR count). The molecule has 0 aliphatic carbocycles. The van der Waals surface area contributed by atoms with Gasteiger partial charge in [0, 0.05) is 18.9 Å². The lowest BCUT2D eigenvalue weighted by Crippen LogP contribution is -1.99. The molecule has 0 spiro atoms. The standard InChI is InChI=1S/C12H10ClFN2/c13-11-5-8(1-2-12(11)14)10-3-4-16-7-9(10)6-15/h1-5,7H,6,15H2. The number of hydrogen-bond donors (Lipinski definition) is 1. The maximum atomic E-state index is 13.0. The second-order valence-corrected chi connectivity index (χ2v) is 3.77. The van der Waals surface area contributed by atoms with Gasteiger partial charge < -0.3 is 5.73 Å². The summed E-state index contributed by atoms with van der Waals surface area (Å²) in [6, 6.07) is 6.45. The second kappa shape index (κ2) is 4.60. The molecule has 1 heterocycles. The number of nitrogens with zero attached hydrogens (tertiary/aromatic N) is 1. The second-order valence-electron chi connectivity index (χ2n) is 3.37. The molecule has 1 aromatic carbocycles. The van der Waals surface area contributed by atoms with Crippen LogP contribution in [0.5, 0.6) is 0 Å². The van der Waals surface area contributed by atoms with E-state index in [1.54, 1.807) is 24.5 Å². The Morgan fingerprint density at radius 2 is 2.12 bits per heavy atom. The molecule has 0 unspecified atom stereocenters. The first-order chi connectivity index (χ1) is 7.72. The fourth-order valence-corrected chi connectivity index (χ4v) is 1.72. The van der Waals surface area contributed by atoms with E-state index in [9.17, 15) is 4.39 Å². The Morgan fingerprint density at radius 3 is 2.81 bits per heavy atom. The highest BCUT2D eigenvalue weighted by molar-refractivity contribution is 6.31. The Labute approximate surface area is 97.9 Å². The lowest BCUT2D eigenvalue weighted by Gasteiger charge is -2.07. The summed E-state index contributed by atoms with van der Waals surface area (Å²) in [5.74, 6) is -0.422. The van der Waals surface area contributed by atoms with E-state index in [1.165, 1.54) is 6.07 Å². The quantitative estimate of drug-likeness (QED) is 0.871. The minimum absolute atomic E-state index is 0.109. The highest BCUT2D eigenvalue weighted by atomic mass is 35.5. The van der Waals surface area contributed by atoms with Crippen molar-refractivity contribution >= 4 is 11.6 Å². The summed E-state index contributed by atoms with van der Waals surface area (Å²) in [6.45, 7) is 0.387.